The molecule has 1 saturated carbocycles. The first-order valence-electron chi connectivity index (χ1n) is 4.86. The number of ketones is 1. The summed E-state index contributed by atoms with van der Waals surface area (Å²) in [5.74, 6) is 1.72. The second kappa shape index (κ2) is 4.44. The predicted octanol–water partition coefficient (Wildman–Crippen LogP) is 2.96. The van der Waals surface area contributed by atoms with Crippen LogP contribution in [-0.2, 0) is 4.79 Å². The van der Waals surface area contributed by atoms with Crippen LogP contribution in [0.2, 0.25) is 0 Å². The van der Waals surface area contributed by atoms with Crippen LogP contribution in [0.1, 0.15) is 39.0 Å². The van der Waals surface area contributed by atoms with E-state index in [1.807, 2.05) is 6.08 Å². The van der Waals surface area contributed by atoms with Crippen LogP contribution < -0.4 is 0 Å². The standard InChI is InChI=1S/C11H18O/c1-3-5-10-6-4-7-11(12)8-9(10)2/h3,9-10H,1,4-8H2,2H3/t9-,10-/m0/s1. The summed E-state index contributed by atoms with van der Waals surface area (Å²) in [5.41, 5.74) is 0. The Kier molecular flexibility index (Phi) is 3.51. The number of allylic oxidation sites excluding steroid dienone is 1. The van der Waals surface area contributed by atoms with Crippen LogP contribution >= 0.6 is 0 Å². The van der Waals surface area contributed by atoms with Gasteiger partial charge in [-0.1, -0.05) is 13.0 Å². The third kappa shape index (κ3) is 2.47. The monoisotopic (exact) mass is 166 g/mol. The van der Waals surface area contributed by atoms with Crippen molar-refractivity contribution in [1.29, 1.82) is 0 Å². The van der Waals surface area contributed by atoms with Crippen molar-refractivity contribution in [3.8, 4) is 0 Å². The van der Waals surface area contributed by atoms with Gasteiger partial charge < -0.3 is 0 Å². The Morgan fingerprint density at radius 2 is 2.42 bits per heavy atom. The van der Waals surface area contributed by atoms with Crippen molar-refractivity contribution in [2.45, 2.75) is 39.0 Å². The number of carbonyl (C=O) groups is 1. The largest absolute Gasteiger partial charge is 0.300 e. The summed E-state index contributed by atoms with van der Waals surface area (Å²) in [4.78, 5) is 11.2. The maximum atomic E-state index is 11.2. The van der Waals surface area contributed by atoms with Crippen LogP contribution in [-0.4, -0.2) is 5.78 Å². The van der Waals surface area contributed by atoms with Gasteiger partial charge in [0, 0.05) is 12.8 Å². The van der Waals surface area contributed by atoms with Gasteiger partial charge in [0.1, 0.15) is 5.78 Å². The van der Waals surface area contributed by atoms with E-state index in [0.29, 0.717) is 17.6 Å². The molecule has 0 N–H and O–H groups in total. The molecule has 0 unspecified atom stereocenters. The number of rotatable bonds is 2. The fourth-order valence-electron chi connectivity index (χ4n) is 2.04. The zero-order valence-electron chi connectivity index (χ0n) is 7.88. The van der Waals surface area contributed by atoms with Gasteiger partial charge in [0.25, 0.3) is 0 Å². The van der Waals surface area contributed by atoms with E-state index in [1.54, 1.807) is 0 Å². The van der Waals surface area contributed by atoms with E-state index in [2.05, 4.69) is 13.5 Å². The Morgan fingerprint density at radius 1 is 1.67 bits per heavy atom. The molecule has 1 rings (SSSR count). The molecule has 0 aromatic heterocycles. The van der Waals surface area contributed by atoms with Crippen molar-refractivity contribution in [2.24, 2.45) is 11.8 Å². The van der Waals surface area contributed by atoms with Gasteiger partial charge in [-0.05, 0) is 31.1 Å². The smallest absolute Gasteiger partial charge is 0.133 e. The minimum atomic E-state index is 0.453. The summed E-state index contributed by atoms with van der Waals surface area (Å²) in [6, 6.07) is 0. The van der Waals surface area contributed by atoms with Gasteiger partial charge in [-0.25, -0.2) is 0 Å². The maximum Gasteiger partial charge on any atom is 0.133 e. The molecule has 0 aromatic carbocycles. The number of hydrogen-bond donors (Lipinski definition) is 0. The van der Waals surface area contributed by atoms with Gasteiger partial charge in [0.2, 0.25) is 0 Å². The number of hydrogen-bond acceptors (Lipinski definition) is 1. The van der Waals surface area contributed by atoms with Gasteiger partial charge in [0.15, 0.2) is 0 Å². The molecule has 0 heterocycles. The summed E-state index contributed by atoms with van der Waals surface area (Å²) in [7, 11) is 0. The normalized spacial score (nSPS) is 31.2. The van der Waals surface area contributed by atoms with Crippen LogP contribution in [0.5, 0.6) is 0 Å². The highest BCUT2D eigenvalue weighted by atomic mass is 16.1. The predicted molar refractivity (Wildman–Crippen MR) is 50.9 cm³/mol. The summed E-state index contributed by atoms with van der Waals surface area (Å²) in [6.45, 7) is 5.95. The lowest BCUT2D eigenvalue weighted by molar-refractivity contribution is -0.119. The van der Waals surface area contributed by atoms with Gasteiger partial charge in [-0.3, -0.25) is 4.79 Å². The first-order valence-corrected chi connectivity index (χ1v) is 4.86. The first kappa shape index (κ1) is 9.50. The highest BCUT2D eigenvalue weighted by Crippen LogP contribution is 2.29. The Labute approximate surface area is 74.9 Å². The van der Waals surface area contributed by atoms with Crippen molar-refractivity contribution in [3.05, 3.63) is 12.7 Å². The molecule has 0 saturated heterocycles. The lowest BCUT2D eigenvalue weighted by Gasteiger charge is -2.18. The number of Topliss-reactive ketones (excluding diaryl/α,β-unsaturated/α-hetero) is 1. The molecule has 0 bridgehead atoms. The second-order valence-electron chi connectivity index (χ2n) is 3.90. The van der Waals surface area contributed by atoms with E-state index < -0.39 is 0 Å². The molecule has 68 valence electrons. The third-order valence-electron chi connectivity index (χ3n) is 2.85. The van der Waals surface area contributed by atoms with Crippen LogP contribution in [0.3, 0.4) is 0 Å². The Balaban J connectivity index is 2.50. The fraction of sp³-hybridized carbons (Fsp3) is 0.727. The maximum absolute atomic E-state index is 11.2. The second-order valence-corrected chi connectivity index (χ2v) is 3.90. The zero-order chi connectivity index (χ0) is 8.97. The average Bonchev–Trinajstić information content (AvgIpc) is 2.15. The van der Waals surface area contributed by atoms with Gasteiger partial charge in [0.05, 0.1) is 0 Å². The highest BCUT2D eigenvalue weighted by molar-refractivity contribution is 5.78. The summed E-state index contributed by atoms with van der Waals surface area (Å²) < 4.78 is 0. The lowest BCUT2D eigenvalue weighted by Crippen LogP contribution is -2.11. The SMILES string of the molecule is C=CC[C@H]1CCCC(=O)C[C@@H]1C. The van der Waals surface area contributed by atoms with Crippen LogP contribution in [0.15, 0.2) is 12.7 Å². The Hall–Kier alpha value is -0.590. The fourth-order valence-corrected chi connectivity index (χ4v) is 2.04. The Bertz CT molecular complexity index is 172. The minimum Gasteiger partial charge on any atom is -0.300 e. The van der Waals surface area contributed by atoms with Gasteiger partial charge >= 0.3 is 0 Å². The molecule has 0 aliphatic heterocycles. The van der Waals surface area contributed by atoms with Crippen LogP contribution in [0, 0.1) is 11.8 Å². The minimum absolute atomic E-state index is 0.453. The summed E-state index contributed by atoms with van der Waals surface area (Å²) >= 11 is 0. The van der Waals surface area contributed by atoms with Crippen molar-refractivity contribution in [2.75, 3.05) is 0 Å². The molecule has 1 nitrogen and oxygen atoms in total. The molecule has 0 amide bonds. The zero-order valence-corrected chi connectivity index (χ0v) is 7.88. The van der Waals surface area contributed by atoms with E-state index in [-0.39, 0.29) is 0 Å². The molecular formula is C11H18O. The third-order valence-corrected chi connectivity index (χ3v) is 2.85. The molecule has 2 atom stereocenters. The molecule has 1 aliphatic carbocycles. The lowest BCUT2D eigenvalue weighted by atomic mass is 9.87. The summed E-state index contributed by atoms with van der Waals surface area (Å²) in [5, 5.41) is 0. The first-order chi connectivity index (χ1) is 5.74. The molecule has 1 heteroatoms. The van der Waals surface area contributed by atoms with E-state index >= 15 is 0 Å². The molecule has 0 spiro atoms. The highest BCUT2D eigenvalue weighted by Gasteiger charge is 2.22. The van der Waals surface area contributed by atoms with Gasteiger partial charge in [-0.15, -0.1) is 6.58 Å². The quantitative estimate of drug-likeness (QED) is 0.455. The molecule has 0 radical (unpaired) electrons. The summed E-state index contributed by atoms with van der Waals surface area (Å²) in [6.07, 6.45) is 6.95. The molecule has 1 fully saturated rings. The molecule has 1 aliphatic rings. The Morgan fingerprint density at radius 3 is 3.08 bits per heavy atom. The molecule has 0 aromatic rings. The van der Waals surface area contributed by atoms with E-state index in [1.165, 1.54) is 6.42 Å². The van der Waals surface area contributed by atoms with Crippen molar-refractivity contribution in [1.82, 2.24) is 0 Å². The van der Waals surface area contributed by atoms with E-state index in [4.69, 9.17) is 0 Å². The number of carbonyl (C=O) groups excluding carboxylic acids is 1. The van der Waals surface area contributed by atoms with Crippen LogP contribution in [0.4, 0.5) is 0 Å². The topological polar surface area (TPSA) is 17.1 Å². The van der Waals surface area contributed by atoms with E-state index in [0.717, 1.165) is 25.7 Å². The van der Waals surface area contributed by atoms with Crippen molar-refractivity contribution >= 4 is 5.78 Å². The average molecular weight is 166 g/mol. The molecular weight excluding hydrogens is 148 g/mol. The molecule has 12 heavy (non-hydrogen) atoms. The van der Waals surface area contributed by atoms with Crippen molar-refractivity contribution in [3.63, 3.8) is 0 Å². The van der Waals surface area contributed by atoms with Crippen LogP contribution in [0.25, 0.3) is 0 Å². The van der Waals surface area contributed by atoms with Crippen molar-refractivity contribution < 1.29 is 4.79 Å². The van der Waals surface area contributed by atoms with Gasteiger partial charge in [-0.2, -0.15) is 0 Å². The van der Waals surface area contributed by atoms with E-state index in [9.17, 15) is 4.79 Å².